The fourth-order valence-corrected chi connectivity index (χ4v) is 4.44. The average Bonchev–Trinajstić information content (AvgIpc) is 2.96. The van der Waals surface area contributed by atoms with Crippen LogP contribution in [-0.2, 0) is 17.9 Å². The number of benzene rings is 2. The van der Waals surface area contributed by atoms with Gasteiger partial charge in [-0.05, 0) is 32.3 Å². The van der Waals surface area contributed by atoms with Crippen LogP contribution in [0.4, 0.5) is 42.4 Å². The number of urea groups is 1. The molecular weight excluding hydrogens is 546 g/mol. The van der Waals surface area contributed by atoms with Crippen molar-refractivity contribution in [1.82, 2.24) is 19.8 Å². The standard InChI is InChI=1S/C29H34F2N8O3/c1-7-26(40)33-22-13-23(25(42-6)14-24(22)37(4)11-10-36(2)3)34-28-32-15-19-17-39(29(41)38(5)27(19)35-28)16-18-8-9-20(30)12-21(18)31/h7-9,12-15H,1,10-11,16-17H2,2-6H3,(H,33,40)(H,32,34,35). The van der Waals surface area contributed by atoms with E-state index >= 15 is 0 Å². The molecule has 2 heterocycles. The first-order valence-electron chi connectivity index (χ1n) is 13.1. The fourth-order valence-electron chi connectivity index (χ4n) is 4.44. The summed E-state index contributed by atoms with van der Waals surface area (Å²) in [6.07, 6.45) is 2.77. The molecular formula is C29H34F2N8O3. The largest absolute Gasteiger partial charge is 0.494 e. The molecule has 2 N–H and O–H groups in total. The number of hydrogen-bond acceptors (Lipinski definition) is 8. The summed E-state index contributed by atoms with van der Waals surface area (Å²) in [5.74, 6) is -0.721. The second kappa shape index (κ2) is 12.8. The van der Waals surface area contributed by atoms with Gasteiger partial charge in [0.1, 0.15) is 23.2 Å². The molecule has 42 heavy (non-hydrogen) atoms. The quantitative estimate of drug-likeness (QED) is 0.325. The van der Waals surface area contributed by atoms with Crippen LogP contribution < -0.4 is 25.2 Å². The molecule has 4 rings (SSSR count). The first-order valence-corrected chi connectivity index (χ1v) is 13.1. The summed E-state index contributed by atoms with van der Waals surface area (Å²) in [5.41, 5.74) is 2.60. The van der Waals surface area contributed by atoms with Crippen molar-refractivity contribution in [2.45, 2.75) is 13.1 Å². The molecule has 0 aliphatic carbocycles. The van der Waals surface area contributed by atoms with Crippen LogP contribution >= 0.6 is 0 Å². The summed E-state index contributed by atoms with van der Waals surface area (Å²) in [6.45, 7) is 5.13. The van der Waals surface area contributed by atoms with Crippen molar-refractivity contribution in [3.05, 3.63) is 71.9 Å². The number of nitrogens with zero attached hydrogens (tertiary/aromatic N) is 6. The van der Waals surface area contributed by atoms with Gasteiger partial charge in [-0.25, -0.2) is 18.6 Å². The SMILES string of the molecule is C=CC(=O)Nc1cc(Nc2ncc3c(n2)N(C)C(=O)N(Cc2ccc(F)cc2F)C3)c(OC)cc1N(C)CCN(C)C. The molecule has 13 heteroatoms. The molecule has 1 aliphatic rings. The monoisotopic (exact) mass is 580 g/mol. The maximum absolute atomic E-state index is 14.2. The summed E-state index contributed by atoms with van der Waals surface area (Å²) in [7, 11) is 8.97. The second-order valence-corrected chi connectivity index (χ2v) is 10.1. The Morgan fingerprint density at radius 1 is 1.17 bits per heavy atom. The highest BCUT2D eigenvalue weighted by molar-refractivity contribution is 6.02. The van der Waals surface area contributed by atoms with Crippen molar-refractivity contribution in [1.29, 1.82) is 0 Å². The first kappa shape index (κ1) is 30.2. The number of carbonyl (C=O) groups is 2. The Balaban J connectivity index is 1.61. The minimum Gasteiger partial charge on any atom is -0.494 e. The van der Waals surface area contributed by atoms with Crippen LogP contribution in [0.3, 0.4) is 0 Å². The van der Waals surface area contributed by atoms with Gasteiger partial charge in [0.05, 0.1) is 37.3 Å². The first-order chi connectivity index (χ1) is 20.0. The van der Waals surface area contributed by atoms with E-state index in [1.165, 1.54) is 29.1 Å². The molecule has 0 fully saturated rings. The van der Waals surface area contributed by atoms with Crippen LogP contribution in [0.25, 0.3) is 0 Å². The molecule has 1 aromatic heterocycles. The number of amides is 3. The normalized spacial score (nSPS) is 12.7. The summed E-state index contributed by atoms with van der Waals surface area (Å²) < 4.78 is 33.2. The van der Waals surface area contributed by atoms with Crippen molar-refractivity contribution >= 4 is 40.8 Å². The van der Waals surface area contributed by atoms with E-state index in [1.807, 2.05) is 26.0 Å². The van der Waals surface area contributed by atoms with Gasteiger partial charge >= 0.3 is 6.03 Å². The minimum atomic E-state index is -0.723. The van der Waals surface area contributed by atoms with E-state index in [0.29, 0.717) is 35.1 Å². The molecule has 0 bridgehead atoms. The fraction of sp³-hybridized carbons (Fsp3) is 0.310. The zero-order valence-electron chi connectivity index (χ0n) is 24.2. The second-order valence-electron chi connectivity index (χ2n) is 10.1. The number of halogens is 2. The summed E-state index contributed by atoms with van der Waals surface area (Å²) in [4.78, 5) is 41.2. The van der Waals surface area contributed by atoms with Gasteiger partial charge in [-0.2, -0.15) is 4.98 Å². The number of aromatic nitrogens is 2. The lowest BCUT2D eigenvalue weighted by atomic mass is 10.1. The Kier molecular flexibility index (Phi) is 9.21. The van der Waals surface area contributed by atoms with Gasteiger partial charge in [0.2, 0.25) is 11.9 Å². The molecule has 222 valence electrons. The van der Waals surface area contributed by atoms with Crippen molar-refractivity contribution in [3.8, 4) is 5.75 Å². The molecule has 0 spiro atoms. The number of likely N-dealkylation sites (N-methyl/N-ethyl adjacent to an activating group) is 2. The molecule has 0 radical (unpaired) electrons. The predicted molar refractivity (Wildman–Crippen MR) is 158 cm³/mol. The number of carbonyl (C=O) groups excluding carboxylic acids is 2. The Bertz CT molecular complexity index is 1500. The number of rotatable bonds is 11. The number of nitrogens with one attached hydrogen (secondary N) is 2. The van der Waals surface area contributed by atoms with Gasteiger partial charge in [0, 0.05) is 56.6 Å². The highest BCUT2D eigenvalue weighted by atomic mass is 19.1. The number of hydrogen-bond donors (Lipinski definition) is 2. The average molecular weight is 581 g/mol. The smallest absolute Gasteiger partial charge is 0.326 e. The molecule has 11 nitrogen and oxygen atoms in total. The molecule has 3 aromatic rings. The van der Waals surface area contributed by atoms with E-state index in [1.54, 1.807) is 25.4 Å². The molecule has 3 amide bonds. The number of fused-ring (bicyclic) bond motifs is 1. The van der Waals surface area contributed by atoms with E-state index in [9.17, 15) is 18.4 Å². The zero-order chi connectivity index (χ0) is 30.6. The predicted octanol–water partition coefficient (Wildman–Crippen LogP) is 4.20. The van der Waals surface area contributed by atoms with Gasteiger partial charge in [-0.15, -0.1) is 0 Å². The Labute approximate surface area is 243 Å². The van der Waals surface area contributed by atoms with Crippen LogP contribution in [0.15, 0.2) is 49.2 Å². The van der Waals surface area contributed by atoms with Crippen LogP contribution in [-0.4, -0.2) is 80.1 Å². The highest BCUT2D eigenvalue weighted by Crippen LogP contribution is 2.38. The van der Waals surface area contributed by atoms with Gasteiger partial charge in [-0.1, -0.05) is 12.6 Å². The van der Waals surface area contributed by atoms with Crippen molar-refractivity contribution in [2.75, 3.05) is 68.8 Å². The molecule has 1 aliphatic heterocycles. The number of anilines is 5. The summed E-state index contributed by atoms with van der Waals surface area (Å²) in [6, 6.07) is 6.40. The highest BCUT2D eigenvalue weighted by Gasteiger charge is 2.30. The maximum Gasteiger partial charge on any atom is 0.326 e. The van der Waals surface area contributed by atoms with E-state index in [4.69, 9.17) is 4.74 Å². The zero-order valence-corrected chi connectivity index (χ0v) is 24.2. The maximum atomic E-state index is 14.2. The van der Waals surface area contributed by atoms with Gasteiger partial charge < -0.3 is 30.1 Å². The number of methoxy groups -OCH3 is 1. The lowest BCUT2D eigenvalue weighted by molar-refractivity contribution is -0.111. The van der Waals surface area contributed by atoms with Gasteiger partial charge in [0.25, 0.3) is 0 Å². The molecule has 0 atom stereocenters. The molecule has 2 aromatic carbocycles. The Hall–Kier alpha value is -4.78. The van der Waals surface area contributed by atoms with E-state index in [-0.39, 0.29) is 30.5 Å². The van der Waals surface area contributed by atoms with Crippen LogP contribution in [0.5, 0.6) is 5.75 Å². The number of ether oxygens (including phenoxy) is 1. The van der Waals surface area contributed by atoms with Crippen LogP contribution in [0.1, 0.15) is 11.1 Å². The lowest BCUT2D eigenvalue weighted by Gasteiger charge is -2.34. The minimum absolute atomic E-state index is 0.0412. The molecule has 0 saturated carbocycles. The Morgan fingerprint density at radius 2 is 1.93 bits per heavy atom. The Morgan fingerprint density at radius 3 is 2.60 bits per heavy atom. The third kappa shape index (κ3) is 6.74. The van der Waals surface area contributed by atoms with E-state index < -0.39 is 17.7 Å². The van der Waals surface area contributed by atoms with Crippen molar-refractivity contribution in [2.24, 2.45) is 0 Å². The summed E-state index contributed by atoms with van der Waals surface area (Å²) >= 11 is 0. The lowest BCUT2D eigenvalue weighted by Crippen LogP contribution is -2.45. The van der Waals surface area contributed by atoms with E-state index in [0.717, 1.165) is 24.4 Å². The van der Waals surface area contributed by atoms with Crippen LogP contribution in [0.2, 0.25) is 0 Å². The summed E-state index contributed by atoms with van der Waals surface area (Å²) in [5, 5.41) is 5.98. The third-order valence-corrected chi connectivity index (χ3v) is 6.76. The molecule has 0 unspecified atom stereocenters. The van der Waals surface area contributed by atoms with Crippen LogP contribution in [0, 0.1) is 11.6 Å². The van der Waals surface area contributed by atoms with Crippen molar-refractivity contribution in [3.63, 3.8) is 0 Å². The van der Waals surface area contributed by atoms with Gasteiger partial charge in [0.15, 0.2) is 0 Å². The topological polar surface area (TPSA) is 106 Å². The van der Waals surface area contributed by atoms with Crippen molar-refractivity contribution < 1.29 is 23.1 Å². The van der Waals surface area contributed by atoms with Gasteiger partial charge in [-0.3, -0.25) is 9.69 Å². The van der Waals surface area contributed by atoms with E-state index in [2.05, 4.69) is 32.1 Å². The molecule has 0 saturated heterocycles. The third-order valence-electron chi connectivity index (χ3n) is 6.76.